The normalized spacial score (nSPS) is 17.1. The maximum Gasteiger partial charge on any atom is 0.328 e. The van der Waals surface area contributed by atoms with Crippen molar-refractivity contribution >= 4 is 11.9 Å². The maximum atomic E-state index is 12.5. The molecule has 1 aliphatic rings. The Hall–Kier alpha value is -3.28. The predicted octanol–water partition coefficient (Wildman–Crippen LogP) is 2.76. The van der Waals surface area contributed by atoms with Crippen LogP contribution in [0.25, 0.3) is 0 Å². The highest BCUT2D eigenvalue weighted by Crippen LogP contribution is 2.32. The lowest BCUT2D eigenvalue weighted by Crippen LogP contribution is -2.40. The van der Waals surface area contributed by atoms with Crippen molar-refractivity contribution in [3.05, 3.63) is 71.7 Å². The standard InChI is InChI=1S/C21H21NO5/c1-14(10-17-8-9-18-19(11-17)27-13-26-18)20(23)22-15(2)21(24)25-12-16-6-4-3-5-7-16/h3-9,11,15H,1,10,12-13H2,2H3,(H,22,23)/t15-/m0/s1/i3D,4D,5D,6D,7D,12D2. The molecular formula is C21H21NO5. The Bertz CT molecular complexity index is 1160. The predicted molar refractivity (Wildman–Crippen MR) is 99.3 cm³/mol. The van der Waals surface area contributed by atoms with Crippen LogP contribution in [0.15, 0.2) is 60.6 Å². The van der Waals surface area contributed by atoms with E-state index in [4.69, 9.17) is 23.8 Å². The van der Waals surface area contributed by atoms with Crippen molar-refractivity contribution in [2.45, 2.75) is 25.9 Å². The van der Waals surface area contributed by atoms with Crippen LogP contribution in [-0.4, -0.2) is 24.7 Å². The van der Waals surface area contributed by atoms with Crippen LogP contribution in [0.2, 0.25) is 0 Å². The van der Waals surface area contributed by atoms with E-state index in [1.54, 1.807) is 18.2 Å². The summed E-state index contributed by atoms with van der Waals surface area (Å²) in [6.45, 7) is 2.02. The summed E-state index contributed by atoms with van der Waals surface area (Å²) in [7, 11) is 0. The van der Waals surface area contributed by atoms with E-state index in [1.165, 1.54) is 6.92 Å². The highest BCUT2D eigenvalue weighted by molar-refractivity contribution is 5.95. The van der Waals surface area contributed by atoms with Crippen molar-refractivity contribution in [3.63, 3.8) is 0 Å². The van der Waals surface area contributed by atoms with E-state index in [9.17, 15) is 9.59 Å². The Morgan fingerprint density at radius 2 is 2.00 bits per heavy atom. The Kier molecular flexibility index (Phi) is 3.56. The Balaban J connectivity index is 1.66. The molecule has 0 fully saturated rings. The molecule has 2 aromatic rings. The van der Waals surface area contributed by atoms with Crippen LogP contribution in [-0.2, 0) is 27.3 Å². The van der Waals surface area contributed by atoms with E-state index in [0.717, 1.165) is 5.56 Å². The third-order valence-electron chi connectivity index (χ3n) is 3.63. The molecule has 0 unspecified atom stereocenters. The van der Waals surface area contributed by atoms with Gasteiger partial charge in [-0.25, -0.2) is 4.79 Å². The van der Waals surface area contributed by atoms with Gasteiger partial charge in [0.15, 0.2) is 11.5 Å². The summed E-state index contributed by atoms with van der Waals surface area (Å²) in [5.41, 5.74) is 0.0156. The molecule has 0 radical (unpaired) electrons. The zero-order valence-electron chi connectivity index (χ0n) is 21.5. The van der Waals surface area contributed by atoms with Gasteiger partial charge in [0.2, 0.25) is 12.7 Å². The second-order valence-corrected chi connectivity index (χ2v) is 5.69. The number of hydrogen-bond acceptors (Lipinski definition) is 5. The molecule has 0 spiro atoms. The first kappa shape index (κ1) is 11.4. The smallest absolute Gasteiger partial charge is 0.328 e. The molecule has 1 aliphatic heterocycles. The maximum absolute atomic E-state index is 12.5. The number of fused-ring (bicyclic) bond motifs is 1. The summed E-state index contributed by atoms with van der Waals surface area (Å²) in [4.78, 5) is 24.9. The molecule has 6 nitrogen and oxygen atoms in total. The second-order valence-electron chi connectivity index (χ2n) is 5.69. The number of rotatable bonds is 7. The van der Waals surface area contributed by atoms with Gasteiger partial charge in [0.1, 0.15) is 12.6 Å². The molecular weight excluding hydrogens is 346 g/mol. The monoisotopic (exact) mass is 374 g/mol. The van der Waals surface area contributed by atoms with Crippen LogP contribution in [0.4, 0.5) is 0 Å². The lowest BCUT2D eigenvalue weighted by molar-refractivity contribution is -0.148. The summed E-state index contributed by atoms with van der Waals surface area (Å²) in [6.07, 6.45) is 0.146. The lowest BCUT2D eigenvalue weighted by Gasteiger charge is -2.14. The average molecular weight is 374 g/mol. The van der Waals surface area contributed by atoms with Crippen molar-refractivity contribution in [3.8, 4) is 11.5 Å². The average Bonchev–Trinajstić information content (AvgIpc) is 3.23. The first-order valence-electron chi connectivity index (χ1n) is 11.5. The van der Waals surface area contributed by atoms with Gasteiger partial charge in [-0.2, -0.15) is 0 Å². The van der Waals surface area contributed by atoms with Gasteiger partial charge in [-0.15, -0.1) is 0 Å². The molecule has 1 N–H and O–H groups in total. The largest absolute Gasteiger partial charge is 0.459 e. The number of benzene rings is 2. The fourth-order valence-corrected chi connectivity index (χ4v) is 2.23. The fraction of sp³-hybridized carbons (Fsp3) is 0.238. The molecule has 27 heavy (non-hydrogen) atoms. The molecule has 0 bridgehead atoms. The van der Waals surface area contributed by atoms with Crippen molar-refractivity contribution in [2.75, 3.05) is 6.79 Å². The van der Waals surface area contributed by atoms with Crippen LogP contribution in [0.5, 0.6) is 11.5 Å². The molecule has 3 rings (SSSR count). The molecule has 2 aromatic carbocycles. The highest BCUT2D eigenvalue weighted by atomic mass is 16.7. The van der Waals surface area contributed by atoms with Gasteiger partial charge in [-0.05, 0) is 30.2 Å². The quantitative estimate of drug-likeness (QED) is 0.596. The van der Waals surface area contributed by atoms with E-state index in [0.29, 0.717) is 11.5 Å². The van der Waals surface area contributed by atoms with Crippen molar-refractivity contribution < 1.29 is 33.4 Å². The lowest BCUT2D eigenvalue weighted by atomic mass is 10.0. The molecule has 0 aromatic heterocycles. The number of amides is 1. The number of esters is 1. The molecule has 6 heteroatoms. The van der Waals surface area contributed by atoms with E-state index in [1.807, 2.05) is 0 Å². The summed E-state index contributed by atoms with van der Waals surface area (Å²) >= 11 is 0. The first-order valence-corrected chi connectivity index (χ1v) is 8.01. The highest BCUT2D eigenvalue weighted by Gasteiger charge is 2.20. The topological polar surface area (TPSA) is 73.9 Å². The van der Waals surface area contributed by atoms with Crippen molar-refractivity contribution in [1.29, 1.82) is 0 Å². The third kappa shape index (κ3) is 4.88. The Morgan fingerprint density at radius 1 is 1.26 bits per heavy atom. The minimum absolute atomic E-state index is 0.107. The second kappa shape index (κ2) is 8.40. The molecule has 0 saturated carbocycles. The number of carbonyl (C=O) groups is 2. The zero-order valence-corrected chi connectivity index (χ0v) is 14.5. The summed E-state index contributed by atoms with van der Waals surface area (Å²) in [6, 6.07) is -0.0947. The summed E-state index contributed by atoms with van der Waals surface area (Å²) in [5.74, 6) is -0.757. The molecule has 140 valence electrons. The van der Waals surface area contributed by atoms with E-state index < -0.39 is 60.3 Å². The minimum atomic E-state index is -3.05. The van der Waals surface area contributed by atoms with E-state index >= 15 is 0 Å². The number of ether oxygens (including phenoxy) is 3. The van der Waals surface area contributed by atoms with Gasteiger partial charge in [-0.3, -0.25) is 4.79 Å². The Morgan fingerprint density at radius 3 is 2.78 bits per heavy atom. The van der Waals surface area contributed by atoms with Crippen LogP contribution in [0.1, 0.15) is 27.6 Å². The van der Waals surface area contributed by atoms with Crippen molar-refractivity contribution in [1.82, 2.24) is 5.32 Å². The van der Waals surface area contributed by atoms with Gasteiger partial charge in [-0.1, -0.05) is 42.9 Å². The molecule has 1 heterocycles. The van der Waals surface area contributed by atoms with Crippen molar-refractivity contribution in [2.24, 2.45) is 0 Å². The summed E-state index contributed by atoms with van der Waals surface area (Å²) in [5, 5.41) is 2.35. The van der Waals surface area contributed by atoms with Gasteiger partial charge >= 0.3 is 5.97 Å². The third-order valence-corrected chi connectivity index (χ3v) is 3.63. The fourth-order valence-electron chi connectivity index (χ4n) is 2.23. The Labute approximate surface area is 167 Å². The minimum Gasteiger partial charge on any atom is -0.459 e. The molecule has 0 saturated heterocycles. The van der Waals surface area contributed by atoms with E-state index in [2.05, 4.69) is 11.9 Å². The molecule has 0 aliphatic carbocycles. The number of hydrogen-bond donors (Lipinski definition) is 1. The van der Waals surface area contributed by atoms with Gasteiger partial charge < -0.3 is 19.5 Å². The van der Waals surface area contributed by atoms with Gasteiger partial charge in [0.05, 0.1) is 9.60 Å². The number of carbonyl (C=O) groups excluding carboxylic acids is 2. The number of nitrogens with one attached hydrogen (secondary N) is 1. The summed E-state index contributed by atoms with van der Waals surface area (Å²) < 4.78 is 70.0. The van der Waals surface area contributed by atoms with E-state index in [-0.39, 0.29) is 18.8 Å². The van der Waals surface area contributed by atoms with Gasteiger partial charge in [0.25, 0.3) is 0 Å². The molecule has 1 atom stereocenters. The SMILES string of the molecule is [2H]c1c([2H])c([2H])c(C([2H])([2H])OC(=O)[C@H](C)NC(=O)C(=C)Cc2ccc3c(c2)OCO3)c([2H])c1[2H]. The van der Waals surface area contributed by atoms with Crippen LogP contribution >= 0.6 is 0 Å². The zero-order chi connectivity index (χ0) is 25.4. The molecule has 1 amide bonds. The first-order chi connectivity index (χ1) is 15.8. The van der Waals surface area contributed by atoms with Crippen LogP contribution in [0, 0.1) is 0 Å². The van der Waals surface area contributed by atoms with Crippen LogP contribution in [0.3, 0.4) is 0 Å². The van der Waals surface area contributed by atoms with Crippen LogP contribution < -0.4 is 14.8 Å². The van der Waals surface area contributed by atoms with Gasteiger partial charge in [0, 0.05) is 12.0 Å².